The van der Waals surface area contributed by atoms with Gasteiger partial charge in [0.2, 0.25) is 0 Å². The molecule has 1 N–H and O–H groups in total. The molecule has 0 amide bonds. The third-order valence-electron chi connectivity index (χ3n) is 2.67. The molecule has 0 spiro atoms. The van der Waals surface area contributed by atoms with Crippen LogP contribution in [0.3, 0.4) is 0 Å². The van der Waals surface area contributed by atoms with Gasteiger partial charge in [0.25, 0.3) is 5.56 Å². The van der Waals surface area contributed by atoms with Crippen LogP contribution in [0.1, 0.15) is 35.7 Å². The van der Waals surface area contributed by atoms with Gasteiger partial charge in [-0.05, 0) is 31.4 Å². The van der Waals surface area contributed by atoms with Gasteiger partial charge in [-0.2, -0.15) is 0 Å². The molecule has 1 aliphatic rings. The fourth-order valence-corrected chi connectivity index (χ4v) is 1.63. The van der Waals surface area contributed by atoms with E-state index in [1.54, 1.807) is 12.3 Å². The monoisotopic (exact) mass is 193 g/mol. The maximum Gasteiger partial charge on any atom is 0.341 e. The Balaban J connectivity index is 2.46. The number of aromatic carboxylic acids is 1. The molecule has 0 unspecified atom stereocenters. The van der Waals surface area contributed by atoms with Crippen LogP contribution in [-0.2, 0) is 0 Å². The van der Waals surface area contributed by atoms with Crippen LogP contribution in [0.2, 0.25) is 0 Å². The molecule has 0 atom stereocenters. The Kier molecular flexibility index (Phi) is 2.11. The molecule has 74 valence electrons. The number of nitrogens with zero attached hydrogens (tertiary/aromatic N) is 1. The van der Waals surface area contributed by atoms with Crippen LogP contribution in [0.4, 0.5) is 0 Å². The number of hydrogen-bond donors (Lipinski definition) is 1. The molecule has 4 heteroatoms. The molecule has 1 heterocycles. The molecular formula is C10H11NO3. The first-order valence-corrected chi connectivity index (χ1v) is 4.64. The number of hydrogen-bond acceptors (Lipinski definition) is 2. The smallest absolute Gasteiger partial charge is 0.341 e. The van der Waals surface area contributed by atoms with Crippen molar-refractivity contribution in [3.63, 3.8) is 0 Å². The number of rotatable bonds is 2. The van der Waals surface area contributed by atoms with Crippen molar-refractivity contribution in [3.05, 3.63) is 34.2 Å². The minimum atomic E-state index is -1.15. The van der Waals surface area contributed by atoms with Crippen LogP contribution < -0.4 is 5.56 Å². The second-order valence-corrected chi connectivity index (χ2v) is 3.52. The zero-order valence-electron chi connectivity index (χ0n) is 7.64. The van der Waals surface area contributed by atoms with E-state index in [4.69, 9.17) is 5.11 Å². The van der Waals surface area contributed by atoms with Gasteiger partial charge in [0.15, 0.2) is 0 Å². The Bertz CT molecular complexity index is 418. The maximum atomic E-state index is 11.6. The predicted molar refractivity (Wildman–Crippen MR) is 50.5 cm³/mol. The van der Waals surface area contributed by atoms with Crippen LogP contribution >= 0.6 is 0 Å². The first kappa shape index (κ1) is 8.99. The molecule has 0 radical (unpaired) electrons. The lowest BCUT2D eigenvalue weighted by molar-refractivity contribution is 0.0693. The number of carbonyl (C=O) groups is 1. The molecular weight excluding hydrogens is 182 g/mol. The summed E-state index contributed by atoms with van der Waals surface area (Å²) in [4.78, 5) is 22.3. The number of aromatic nitrogens is 1. The first-order valence-electron chi connectivity index (χ1n) is 4.64. The van der Waals surface area contributed by atoms with Gasteiger partial charge < -0.3 is 9.67 Å². The van der Waals surface area contributed by atoms with E-state index in [9.17, 15) is 9.59 Å². The van der Waals surface area contributed by atoms with E-state index >= 15 is 0 Å². The maximum absolute atomic E-state index is 11.6. The van der Waals surface area contributed by atoms with Gasteiger partial charge in [0.1, 0.15) is 5.56 Å². The van der Waals surface area contributed by atoms with Crippen molar-refractivity contribution in [1.29, 1.82) is 0 Å². The van der Waals surface area contributed by atoms with Crippen LogP contribution in [0, 0.1) is 0 Å². The van der Waals surface area contributed by atoms with Gasteiger partial charge in [-0.3, -0.25) is 4.79 Å². The van der Waals surface area contributed by atoms with Crippen molar-refractivity contribution < 1.29 is 9.90 Å². The molecule has 0 saturated heterocycles. The summed E-state index contributed by atoms with van der Waals surface area (Å²) in [5, 5.41) is 8.75. The van der Waals surface area contributed by atoms with Crippen LogP contribution in [0.15, 0.2) is 23.1 Å². The summed E-state index contributed by atoms with van der Waals surface area (Å²) in [5.41, 5.74) is -0.524. The van der Waals surface area contributed by atoms with Crippen molar-refractivity contribution in [3.8, 4) is 0 Å². The molecule has 1 fully saturated rings. The summed E-state index contributed by atoms with van der Waals surface area (Å²) in [6.07, 6.45) is 4.74. The summed E-state index contributed by atoms with van der Waals surface area (Å²) in [6.45, 7) is 0. The summed E-state index contributed by atoms with van der Waals surface area (Å²) >= 11 is 0. The van der Waals surface area contributed by atoms with Crippen molar-refractivity contribution >= 4 is 5.97 Å². The fourth-order valence-electron chi connectivity index (χ4n) is 1.63. The highest BCUT2D eigenvalue weighted by Crippen LogP contribution is 2.29. The fraction of sp³-hybridized carbons (Fsp3) is 0.400. The zero-order valence-corrected chi connectivity index (χ0v) is 7.64. The van der Waals surface area contributed by atoms with E-state index in [0.29, 0.717) is 0 Å². The normalized spacial score (nSPS) is 16.3. The highest BCUT2D eigenvalue weighted by atomic mass is 16.4. The Labute approximate surface area is 80.8 Å². The molecule has 2 rings (SSSR count). The average molecular weight is 193 g/mol. The van der Waals surface area contributed by atoms with E-state index in [-0.39, 0.29) is 17.2 Å². The van der Waals surface area contributed by atoms with E-state index in [0.717, 1.165) is 19.3 Å². The molecule has 1 aliphatic carbocycles. The summed E-state index contributed by atoms with van der Waals surface area (Å²) < 4.78 is 1.53. The first-order chi connectivity index (χ1) is 6.70. The van der Waals surface area contributed by atoms with Crippen molar-refractivity contribution in [2.24, 2.45) is 0 Å². The highest BCUT2D eigenvalue weighted by molar-refractivity contribution is 5.86. The zero-order chi connectivity index (χ0) is 10.1. The van der Waals surface area contributed by atoms with Crippen LogP contribution in [-0.4, -0.2) is 15.6 Å². The molecule has 1 saturated carbocycles. The van der Waals surface area contributed by atoms with Gasteiger partial charge in [-0.15, -0.1) is 0 Å². The lowest BCUT2D eigenvalue weighted by Crippen LogP contribution is -2.31. The van der Waals surface area contributed by atoms with E-state index in [1.807, 2.05) is 0 Å². The quantitative estimate of drug-likeness (QED) is 0.769. The molecule has 1 aromatic heterocycles. The topological polar surface area (TPSA) is 59.3 Å². The minimum absolute atomic E-state index is 0.139. The van der Waals surface area contributed by atoms with Gasteiger partial charge in [-0.25, -0.2) is 4.79 Å². The number of carboxylic acids is 1. The Hall–Kier alpha value is -1.58. The molecule has 4 nitrogen and oxygen atoms in total. The molecule has 1 aromatic rings. The second-order valence-electron chi connectivity index (χ2n) is 3.52. The van der Waals surface area contributed by atoms with Gasteiger partial charge in [0.05, 0.1) is 0 Å². The Morgan fingerprint density at radius 3 is 2.71 bits per heavy atom. The van der Waals surface area contributed by atoms with E-state index < -0.39 is 5.97 Å². The molecule has 14 heavy (non-hydrogen) atoms. The summed E-state index contributed by atoms with van der Waals surface area (Å²) in [5.74, 6) is -1.15. The summed E-state index contributed by atoms with van der Waals surface area (Å²) in [7, 11) is 0. The molecule has 0 bridgehead atoms. The number of pyridine rings is 1. The van der Waals surface area contributed by atoms with Crippen molar-refractivity contribution in [1.82, 2.24) is 4.57 Å². The van der Waals surface area contributed by atoms with Gasteiger partial charge >= 0.3 is 5.97 Å². The largest absolute Gasteiger partial charge is 0.477 e. The lowest BCUT2D eigenvalue weighted by Gasteiger charge is -2.27. The molecule has 0 aromatic carbocycles. The third-order valence-corrected chi connectivity index (χ3v) is 2.67. The van der Waals surface area contributed by atoms with E-state index in [2.05, 4.69) is 0 Å². The second kappa shape index (κ2) is 3.29. The predicted octanol–water partition coefficient (Wildman–Crippen LogP) is 1.27. The SMILES string of the molecule is O=C(O)c1cccn(C2CCC2)c1=O. The van der Waals surface area contributed by atoms with Crippen LogP contribution in [0.5, 0.6) is 0 Å². The summed E-state index contributed by atoms with van der Waals surface area (Å²) in [6, 6.07) is 3.17. The van der Waals surface area contributed by atoms with E-state index in [1.165, 1.54) is 10.6 Å². The van der Waals surface area contributed by atoms with Crippen molar-refractivity contribution in [2.75, 3.05) is 0 Å². The lowest BCUT2D eigenvalue weighted by atomic mass is 9.92. The van der Waals surface area contributed by atoms with Crippen molar-refractivity contribution in [2.45, 2.75) is 25.3 Å². The average Bonchev–Trinajstić information content (AvgIpc) is 2.04. The standard InChI is InChI=1S/C10H11NO3/c12-9-8(10(13)14)5-2-6-11(9)7-3-1-4-7/h2,5-7H,1,3-4H2,(H,13,14). The third kappa shape index (κ3) is 1.32. The highest BCUT2D eigenvalue weighted by Gasteiger charge is 2.21. The Morgan fingerprint density at radius 1 is 1.50 bits per heavy atom. The minimum Gasteiger partial charge on any atom is -0.477 e. The Morgan fingerprint density at radius 2 is 2.21 bits per heavy atom. The van der Waals surface area contributed by atoms with Crippen LogP contribution in [0.25, 0.3) is 0 Å². The molecule has 0 aliphatic heterocycles. The van der Waals surface area contributed by atoms with Gasteiger partial charge in [-0.1, -0.05) is 0 Å². The van der Waals surface area contributed by atoms with Gasteiger partial charge in [0, 0.05) is 12.2 Å². The number of carboxylic acid groups (broad SMARTS) is 1.